The van der Waals surface area contributed by atoms with E-state index in [0.29, 0.717) is 13.1 Å². The second kappa shape index (κ2) is 9.14. The van der Waals surface area contributed by atoms with Crippen LogP contribution in [-0.2, 0) is 19.3 Å². The van der Waals surface area contributed by atoms with Gasteiger partial charge in [0.1, 0.15) is 5.76 Å². The van der Waals surface area contributed by atoms with Crippen molar-refractivity contribution in [3.05, 3.63) is 120 Å². The average molecular weight is 435 g/mol. The fourth-order valence-electron chi connectivity index (χ4n) is 3.42. The second-order valence-electron chi connectivity index (χ2n) is 7.37. The number of alkyl halides is 3. The molecule has 1 aromatic heterocycles. The molecule has 4 rings (SSSR count). The van der Waals surface area contributed by atoms with Crippen LogP contribution in [0.1, 0.15) is 27.2 Å². The summed E-state index contributed by atoms with van der Waals surface area (Å²) >= 11 is 0. The summed E-state index contributed by atoms with van der Waals surface area (Å²) in [5.74, 6) is -0.0565. The Labute approximate surface area is 183 Å². The highest BCUT2D eigenvalue weighted by atomic mass is 19.4. The first-order valence-corrected chi connectivity index (χ1v) is 10.0. The van der Waals surface area contributed by atoms with Crippen LogP contribution in [0.2, 0.25) is 0 Å². The number of halogens is 3. The van der Waals surface area contributed by atoms with Gasteiger partial charge in [0, 0.05) is 18.7 Å². The molecule has 1 amide bonds. The van der Waals surface area contributed by atoms with E-state index in [2.05, 4.69) is 0 Å². The summed E-state index contributed by atoms with van der Waals surface area (Å²) in [6, 6.07) is 27.0. The normalized spacial score (nSPS) is 11.3. The van der Waals surface area contributed by atoms with E-state index in [-0.39, 0.29) is 23.0 Å². The van der Waals surface area contributed by atoms with Crippen molar-refractivity contribution < 1.29 is 22.4 Å². The molecule has 4 aromatic rings. The van der Waals surface area contributed by atoms with E-state index in [9.17, 15) is 18.0 Å². The Balaban J connectivity index is 1.61. The van der Waals surface area contributed by atoms with Gasteiger partial charge in [0.05, 0.1) is 5.56 Å². The highest BCUT2D eigenvalue weighted by Gasteiger charge is 2.30. The molecule has 0 atom stereocenters. The molecular weight excluding hydrogens is 415 g/mol. The minimum Gasteiger partial charge on any atom is -0.451 e. The van der Waals surface area contributed by atoms with Gasteiger partial charge in [-0.1, -0.05) is 72.8 Å². The molecule has 0 fully saturated rings. The fourth-order valence-corrected chi connectivity index (χ4v) is 3.42. The van der Waals surface area contributed by atoms with Crippen molar-refractivity contribution in [2.45, 2.75) is 19.3 Å². The zero-order valence-corrected chi connectivity index (χ0v) is 17.0. The number of hydrogen-bond acceptors (Lipinski definition) is 2. The third-order valence-electron chi connectivity index (χ3n) is 5.01. The number of carbonyl (C=O) groups is 1. The van der Waals surface area contributed by atoms with Crippen LogP contribution in [0, 0.1) is 0 Å². The summed E-state index contributed by atoms with van der Waals surface area (Å²) < 4.78 is 44.8. The van der Waals surface area contributed by atoms with Crippen molar-refractivity contribution in [2.75, 3.05) is 0 Å². The lowest BCUT2D eigenvalue weighted by Gasteiger charge is -2.22. The van der Waals surface area contributed by atoms with Gasteiger partial charge in [-0.25, -0.2) is 0 Å². The van der Waals surface area contributed by atoms with E-state index in [1.807, 2.05) is 60.7 Å². The molecule has 0 aliphatic rings. The molecule has 3 nitrogen and oxygen atoms in total. The minimum absolute atomic E-state index is 0.0734. The summed E-state index contributed by atoms with van der Waals surface area (Å²) in [6.45, 7) is 0.738. The standard InChI is InChI=1S/C26H20F3NO2/c27-26(28,29)22-13-7-12-21(16-22)23-14-15-24(32-23)25(31)30(17-19-8-3-1-4-9-19)18-20-10-5-2-6-11-20/h1-16H,17-18H2. The van der Waals surface area contributed by atoms with Crippen LogP contribution in [0.15, 0.2) is 101 Å². The van der Waals surface area contributed by atoms with E-state index in [4.69, 9.17) is 4.42 Å². The maximum absolute atomic E-state index is 13.3. The van der Waals surface area contributed by atoms with Gasteiger partial charge in [0.15, 0.2) is 5.76 Å². The van der Waals surface area contributed by atoms with Gasteiger partial charge in [-0.2, -0.15) is 13.2 Å². The maximum atomic E-state index is 13.3. The summed E-state index contributed by atoms with van der Waals surface area (Å²) in [6.07, 6.45) is -4.45. The van der Waals surface area contributed by atoms with Crippen molar-refractivity contribution >= 4 is 5.91 Å². The summed E-state index contributed by atoms with van der Waals surface area (Å²) in [4.78, 5) is 14.9. The molecule has 0 spiro atoms. The van der Waals surface area contributed by atoms with Crippen LogP contribution in [0.25, 0.3) is 11.3 Å². The second-order valence-corrected chi connectivity index (χ2v) is 7.37. The Bertz CT molecular complexity index is 1140. The number of hydrogen-bond donors (Lipinski definition) is 0. The largest absolute Gasteiger partial charge is 0.451 e. The number of benzene rings is 3. The summed E-state index contributed by atoms with van der Waals surface area (Å²) in [5.41, 5.74) is 1.41. The molecule has 0 radical (unpaired) electrons. The van der Waals surface area contributed by atoms with Crippen LogP contribution < -0.4 is 0 Å². The fraction of sp³-hybridized carbons (Fsp3) is 0.115. The van der Waals surface area contributed by atoms with E-state index in [0.717, 1.165) is 23.3 Å². The van der Waals surface area contributed by atoms with E-state index in [1.165, 1.54) is 24.3 Å². The zero-order valence-electron chi connectivity index (χ0n) is 17.0. The molecule has 0 bridgehead atoms. The van der Waals surface area contributed by atoms with Gasteiger partial charge in [-0.3, -0.25) is 4.79 Å². The molecule has 1 heterocycles. The predicted octanol–water partition coefficient (Wildman–Crippen LogP) is 6.81. The average Bonchev–Trinajstić information content (AvgIpc) is 3.29. The Hall–Kier alpha value is -3.80. The molecule has 32 heavy (non-hydrogen) atoms. The Kier molecular flexibility index (Phi) is 6.12. The monoisotopic (exact) mass is 435 g/mol. The van der Waals surface area contributed by atoms with Gasteiger partial charge in [0.2, 0.25) is 0 Å². The topological polar surface area (TPSA) is 33.5 Å². The lowest BCUT2D eigenvalue weighted by atomic mass is 10.1. The van der Waals surface area contributed by atoms with E-state index >= 15 is 0 Å². The van der Waals surface area contributed by atoms with Gasteiger partial charge >= 0.3 is 6.18 Å². The first-order valence-electron chi connectivity index (χ1n) is 10.0. The maximum Gasteiger partial charge on any atom is 0.416 e. The van der Waals surface area contributed by atoms with Crippen LogP contribution in [0.3, 0.4) is 0 Å². The lowest BCUT2D eigenvalue weighted by molar-refractivity contribution is -0.137. The SMILES string of the molecule is O=C(c1ccc(-c2cccc(C(F)(F)F)c2)o1)N(Cc1ccccc1)Cc1ccccc1. The molecule has 3 aromatic carbocycles. The Morgan fingerprint density at radius 2 is 1.34 bits per heavy atom. The molecule has 0 N–H and O–H groups in total. The first kappa shape index (κ1) is 21.4. The van der Waals surface area contributed by atoms with E-state index < -0.39 is 11.7 Å². The van der Waals surface area contributed by atoms with Crippen molar-refractivity contribution in [1.29, 1.82) is 0 Å². The molecule has 0 unspecified atom stereocenters. The number of rotatable bonds is 6. The number of nitrogens with zero attached hydrogens (tertiary/aromatic N) is 1. The van der Waals surface area contributed by atoms with Gasteiger partial charge in [-0.15, -0.1) is 0 Å². The summed E-state index contributed by atoms with van der Waals surface area (Å²) in [5, 5.41) is 0. The van der Waals surface area contributed by atoms with Crippen molar-refractivity contribution in [3.8, 4) is 11.3 Å². The predicted molar refractivity (Wildman–Crippen MR) is 116 cm³/mol. The highest BCUT2D eigenvalue weighted by molar-refractivity contribution is 5.92. The van der Waals surface area contributed by atoms with Crippen molar-refractivity contribution in [1.82, 2.24) is 4.90 Å². The van der Waals surface area contributed by atoms with E-state index in [1.54, 1.807) is 4.90 Å². The number of furan rings is 1. The van der Waals surface area contributed by atoms with Gasteiger partial charge in [0.25, 0.3) is 5.91 Å². The third kappa shape index (κ3) is 5.09. The van der Waals surface area contributed by atoms with Crippen molar-refractivity contribution in [2.24, 2.45) is 0 Å². The Morgan fingerprint density at radius 1 is 0.750 bits per heavy atom. The van der Waals surface area contributed by atoms with Gasteiger partial charge < -0.3 is 9.32 Å². The van der Waals surface area contributed by atoms with Crippen molar-refractivity contribution in [3.63, 3.8) is 0 Å². The minimum atomic E-state index is -4.45. The molecule has 0 saturated carbocycles. The first-order chi connectivity index (χ1) is 15.4. The molecule has 0 aliphatic heterocycles. The molecular formula is C26H20F3NO2. The van der Waals surface area contributed by atoms with Crippen LogP contribution in [0.4, 0.5) is 13.2 Å². The zero-order chi connectivity index (χ0) is 22.6. The molecule has 0 saturated heterocycles. The molecule has 6 heteroatoms. The summed E-state index contributed by atoms with van der Waals surface area (Å²) in [7, 11) is 0. The van der Waals surface area contributed by atoms with Crippen LogP contribution in [-0.4, -0.2) is 10.8 Å². The Morgan fingerprint density at radius 3 is 1.91 bits per heavy atom. The number of carbonyl (C=O) groups excluding carboxylic acids is 1. The molecule has 162 valence electrons. The van der Waals surface area contributed by atoms with Crippen LogP contribution in [0.5, 0.6) is 0 Å². The van der Waals surface area contributed by atoms with Gasteiger partial charge in [-0.05, 0) is 35.4 Å². The smallest absolute Gasteiger partial charge is 0.416 e. The lowest BCUT2D eigenvalue weighted by Crippen LogP contribution is -2.29. The quantitative estimate of drug-likeness (QED) is 0.333. The van der Waals surface area contributed by atoms with Crippen LogP contribution >= 0.6 is 0 Å². The number of amides is 1. The highest BCUT2D eigenvalue weighted by Crippen LogP contribution is 2.33. The third-order valence-corrected chi connectivity index (χ3v) is 5.01. The molecule has 0 aliphatic carbocycles.